The van der Waals surface area contributed by atoms with Crippen molar-refractivity contribution in [3.63, 3.8) is 0 Å². The lowest BCUT2D eigenvalue weighted by atomic mass is 10.1. The number of rotatable bonds is 8. The van der Waals surface area contributed by atoms with Crippen LogP contribution < -0.4 is 0 Å². The molecule has 6 nitrogen and oxygen atoms in total. The van der Waals surface area contributed by atoms with E-state index in [0.29, 0.717) is 16.7 Å². The standard InChI is InChI=1S/C20H26Cl2N4O2/c1-15(27)26-11-9-25(10-12-26)8-2-3-13-28-20(19-6-7-23-24-19)16-4-5-17(21)18(22)14-16/h4-7,14,20H,2-3,8-13H2,1H3,(H,23,24). The van der Waals surface area contributed by atoms with Crippen molar-refractivity contribution in [1.29, 1.82) is 0 Å². The maximum Gasteiger partial charge on any atom is 0.219 e. The molecule has 0 spiro atoms. The molecule has 1 N–H and O–H groups in total. The molecule has 1 aliphatic rings. The zero-order chi connectivity index (χ0) is 19.9. The zero-order valence-electron chi connectivity index (χ0n) is 16.0. The number of aromatic amines is 1. The van der Waals surface area contributed by atoms with Gasteiger partial charge in [-0.1, -0.05) is 29.3 Å². The second-order valence-electron chi connectivity index (χ2n) is 6.99. The summed E-state index contributed by atoms with van der Waals surface area (Å²) < 4.78 is 6.16. The van der Waals surface area contributed by atoms with E-state index in [-0.39, 0.29) is 12.0 Å². The molecule has 152 valence electrons. The van der Waals surface area contributed by atoms with Crippen molar-refractivity contribution < 1.29 is 9.53 Å². The van der Waals surface area contributed by atoms with Crippen LogP contribution in [0, 0.1) is 0 Å². The third kappa shape index (κ3) is 5.70. The number of hydrogen-bond acceptors (Lipinski definition) is 4. The van der Waals surface area contributed by atoms with Crippen LogP contribution in [0.2, 0.25) is 10.0 Å². The lowest BCUT2D eigenvalue weighted by molar-refractivity contribution is -0.130. The Morgan fingerprint density at radius 3 is 2.61 bits per heavy atom. The molecule has 1 aliphatic heterocycles. The lowest BCUT2D eigenvalue weighted by Gasteiger charge is -2.34. The van der Waals surface area contributed by atoms with Crippen molar-refractivity contribution in [3.05, 3.63) is 51.8 Å². The number of unbranched alkanes of at least 4 members (excludes halogenated alkanes) is 1. The Balaban J connectivity index is 1.46. The van der Waals surface area contributed by atoms with Crippen LogP contribution in [-0.4, -0.2) is 65.2 Å². The van der Waals surface area contributed by atoms with E-state index in [9.17, 15) is 4.79 Å². The molecule has 0 radical (unpaired) electrons. The maximum atomic E-state index is 11.4. The highest BCUT2D eigenvalue weighted by Gasteiger charge is 2.19. The highest BCUT2D eigenvalue weighted by molar-refractivity contribution is 6.42. The van der Waals surface area contributed by atoms with Gasteiger partial charge in [-0.3, -0.25) is 14.8 Å². The van der Waals surface area contributed by atoms with E-state index in [2.05, 4.69) is 15.1 Å². The Morgan fingerprint density at radius 2 is 1.96 bits per heavy atom. The summed E-state index contributed by atoms with van der Waals surface area (Å²) in [4.78, 5) is 15.7. The fraction of sp³-hybridized carbons (Fsp3) is 0.500. The topological polar surface area (TPSA) is 61.5 Å². The van der Waals surface area contributed by atoms with E-state index < -0.39 is 0 Å². The molecule has 0 aliphatic carbocycles. The molecule has 0 saturated carbocycles. The highest BCUT2D eigenvalue weighted by atomic mass is 35.5. The van der Waals surface area contributed by atoms with Gasteiger partial charge in [0, 0.05) is 45.9 Å². The monoisotopic (exact) mass is 424 g/mol. The van der Waals surface area contributed by atoms with Crippen molar-refractivity contribution in [2.75, 3.05) is 39.3 Å². The molecule has 1 aromatic heterocycles. The number of nitrogens with one attached hydrogen (secondary N) is 1. The van der Waals surface area contributed by atoms with Gasteiger partial charge in [-0.05, 0) is 43.1 Å². The molecular weight excluding hydrogens is 399 g/mol. The number of aromatic nitrogens is 2. The van der Waals surface area contributed by atoms with E-state index in [4.69, 9.17) is 27.9 Å². The third-order valence-corrected chi connectivity index (χ3v) is 5.76. The number of benzene rings is 1. The first kappa shape index (κ1) is 21.1. The normalized spacial score (nSPS) is 16.3. The zero-order valence-corrected chi connectivity index (χ0v) is 17.5. The number of amides is 1. The molecule has 2 aromatic rings. The largest absolute Gasteiger partial charge is 0.367 e. The van der Waals surface area contributed by atoms with E-state index in [1.54, 1.807) is 19.2 Å². The lowest BCUT2D eigenvalue weighted by Crippen LogP contribution is -2.48. The summed E-state index contributed by atoms with van der Waals surface area (Å²) in [6.45, 7) is 6.84. The Morgan fingerprint density at radius 1 is 1.18 bits per heavy atom. The van der Waals surface area contributed by atoms with Crippen molar-refractivity contribution >= 4 is 29.1 Å². The number of ether oxygens (including phenoxy) is 1. The molecule has 2 heterocycles. The van der Waals surface area contributed by atoms with E-state index >= 15 is 0 Å². The first-order valence-corrected chi connectivity index (χ1v) is 10.3. The van der Waals surface area contributed by atoms with Crippen LogP contribution in [0.15, 0.2) is 30.5 Å². The number of hydrogen-bond donors (Lipinski definition) is 1. The minimum absolute atomic E-state index is 0.167. The quantitative estimate of drug-likeness (QED) is 0.655. The Hall–Kier alpha value is -1.60. The SMILES string of the molecule is CC(=O)N1CCN(CCCCOC(c2ccc(Cl)c(Cl)c2)c2ccn[nH]2)CC1. The number of carbonyl (C=O) groups is 1. The first-order chi connectivity index (χ1) is 13.5. The second-order valence-corrected chi connectivity index (χ2v) is 7.81. The molecule has 3 rings (SSSR count). The van der Waals surface area contributed by atoms with E-state index in [1.165, 1.54) is 0 Å². The number of nitrogens with zero attached hydrogens (tertiary/aromatic N) is 3. The van der Waals surface area contributed by atoms with Crippen LogP contribution in [0.4, 0.5) is 0 Å². The van der Waals surface area contributed by atoms with Gasteiger partial charge in [0.25, 0.3) is 0 Å². The van der Waals surface area contributed by atoms with E-state index in [0.717, 1.165) is 56.8 Å². The summed E-state index contributed by atoms with van der Waals surface area (Å²) in [5, 5.41) is 8.06. The van der Waals surface area contributed by atoms with Crippen molar-refractivity contribution in [2.24, 2.45) is 0 Å². The molecule has 1 amide bonds. The highest BCUT2D eigenvalue weighted by Crippen LogP contribution is 2.30. The maximum absolute atomic E-state index is 11.4. The van der Waals surface area contributed by atoms with Crippen molar-refractivity contribution in [1.82, 2.24) is 20.0 Å². The molecule has 1 atom stereocenters. The molecule has 8 heteroatoms. The Kier molecular flexibility index (Phi) is 7.73. The summed E-state index contributed by atoms with van der Waals surface area (Å²) in [5.74, 6) is 0.167. The Bertz CT molecular complexity index is 762. The van der Waals surface area contributed by atoms with Crippen LogP contribution >= 0.6 is 23.2 Å². The smallest absolute Gasteiger partial charge is 0.219 e. The van der Waals surface area contributed by atoms with Crippen LogP contribution in [0.3, 0.4) is 0 Å². The Labute approximate surface area is 175 Å². The van der Waals surface area contributed by atoms with Gasteiger partial charge in [0.05, 0.1) is 15.7 Å². The second kappa shape index (κ2) is 10.3. The van der Waals surface area contributed by atoms with Gasteiger partial charge in [-0.2, -0.15) is 5.10 Å². The summed E-state index contributed by atoms with van der Waals surface area (Å²) >= 11 is 12.2. The van der Waals surface area contributed by atoms with Crippen molar-refractivity contribution in [2.45, 2.75) is 25.9 Å². The molecule has 0 bridgehead atoms. The molecule has 1 unspecified atom stereocenters. The van der Waals surface area contributed by atoms with Gasteiger partial charge in [-0.25, -0.2) is 0 Å². The molecular formula is C20H26Cl2N4O2. The predicted molar refractivity (Wildman–Crippen MR) is 111 cm³/mol. The minimum Gasteiger partial charge on any atom is -0.367 e. The van der Waals surface area contributed by atoms with Crippen molar-refractivity contribution in [3.8, 4) is 0 Å². The van der Waals surface area contributed by atoms with Gasteiger partial charge in [-0.15, -0.1) is 0 Å². The van der Waals surface area contributed by atoms with E-state index in [1.807, 2.05) is 23.1 Å². The number of H-pyrrole nitrogens is 1. The van der Waals surface area contributed by atoms with Gasteiger partial charge in [0.1, 0.15) is 6.10 Å². The molecule has 1 saturated heterocycles. The van der Waals surface area contributed by atoms with Crippen LogP contribution in [-0.2, 0) is 9.53 Å². The van der Waals surface area contributed by atoms with Gasteiger partial charge >= 0.3 is 0 Å². The molecule has 28 heavy (non-hydrogen) atoms. The number of halogens is 2. The predicted octanol–water partition coefficient (Wildman–Crippen LogP) is 3.77. The number of piperazine rings is 1. The minimum atomic E-state index is -0.253. The average Bonchev–Trinajstić information content (AvgIpc) is 3.22. The third-order valence-electron chi connectivity index (χ3n) is 5.02. The fourth-order valence-corrected chi connectivity index (χ4v) is 3.69. The van der Waals surface area contributed by atoms with Crippen LogP contribution in [0.1, 0.15) is 37.1 Å². The number of carbonyl (C=O) groups excluding carboxylic acids is 1. The van der Waals surface area contributed by atoms with Gasteiger partial charge < -0.3 is 9.64 Å². The summed E-state index contributed by atoms with van der Waals surface area (Å²) in [7, 11) is 0. The van der Waals surface area contributed by atoms with Gasteiger partial charge in [0.2, 0.25) is 5.91 Å². The summed E-state index contributed by atoms with van der Waals surface area (Å²) in [6, 6.07) is 7.45. The van der Waals surface area contributed by atoms with Crippen LogP contribution in [0.25, 0.3) is 0 Å². The molecule has 1 fully saturated rings. The van der Waals surface area contributed by atoms with Crippen LogP contribution in [0.5, 0.6) is 0 Å². The summed E-state index contributed by atoms with van der Waals surface area (Å²) in [5.41, 5.74) is 1.83. The van der Waals surface area contributed by atoms with Gasteiger partial charge in [0.15, 0.2) is 0 Å². The fourth-order valence-electron chi connectivity index (χ4n) is 3.38. The first-order valence-electron chi connectivity index (χ1n) is 9.58. The average molecular weight is 425 g/mol. The summed E-state index contributed by atoms with van der Waals surface area (Å²) in [6.07, 6.45) is 3.47. The molecule has 1 aromatic carbocycles.